The number of hydrogen-bond acceptors (Lipinski definition) is 3. The second-order valence-electron chi connectivity index (χ2n) is 2.77. The average Bonchev–Trinajstić information content (AvgIpc) is 2.86. The van der Waals surface area contributed by atoms with Gasteiger partial charge in [0.15, 0.2) is 0 Å². The van der Waals surface area contributed by atoms with Gasteiger partial charge in [-0.2, -0.15) is 5.10 Å². The molecule has 0 radical (unpaired) electrons. The maximum absolute atomic E-state index is 8.78. The van der Waals surface area contributed by atoms with Gasteiger partial charge in [-0.25, -0.2) is 4.68 Å². The molecule has 0 aliphatic heterocycles. The summed E-state index contributed by atoms with van der Waals surface area (Å²) >= 11 is 1.68. The molecule has 2 aromatic heterocycles. The van der Waals surface area contributed by atoms with Gasteiger partial charge in [0.2, 0.25) is 0 Å². The lowest BCUT2D eigenvalue weighted by atomic mass is 10.3. The molecule has 0 unspecified atom stereocenters. The predicted octanol–water partition coefficient (Wildman–Crippen LogP) is 2.06. The number of rotatable bonds is 3. The zero-order valence-corrected chi connectivity index (χ0v) is 8.31. The third-order valence-electron chi connectivity index (χ3n) is 1.77. The lowest BCUT2D eigenvalue weighted by Gasteiger charge is -1.89. The zero-order chi connectivity index (χ0) is 9.80. The van der Waals surface area contributed by atoms with Crippen LogP contribution in [0.1, 0.15) is 10.6 Å². The number of aliphatic hydroxyl groups is 1. The lowest BCUT2D eigenvalue weighted by molar-refractivity contribution is 0.195. The molecule has 0 aliphatic carbocycles. The van der Waals surface area contributed by atoms with E-state index in [4.69, 9.17) is 5.11 Å². The van der Waals surface area contributed by atoms with Gasteiger partial charge in [0, 0.05) is 11.1 Å². The molecule has 4 heteroatoms. The van der Waals surface area contributed by atoms with Crippen molar-refractivity contribution in [1.82, 2.24) is 9.78 Å². The van der Waals surface area contributed by atoms with Crippen molar-refractivity contribution >= 4 is 23.5 Å². The Morgan fingerprint density at radius 3 is 3.00 bits per heavy atom. The molecule has 2 aromatic rings. The first-order valence-electron chi connectivity index (χ1n) is 4.24. The fraction of sp³-hybridized carbons (Fsp3) is 0.100. The Morgan fingerprint density at radius 2 is 2.36 bits per heavy atom. The first kappa shape index (κ1) is 9.18. The van der Waals surface area contributed by atoms with Crippen molar-refractivity contribution < 1.29 is 5.11 Å². The fourth-order valence-corrected chi connectivity index (χ4v) is 1.72. The van der Waals surface area contributed by atoms with Crippen LogP contribution < -0.4 is 0 Å². The molecule has 14 heavy (non-hydrogen) atoms. The molecule has 3 nitrogen and oxygen atoms in total. The number of nitrogens with zero attached hydrogens (tertiary/aromatic N) is 2. The predicted molar refractivity (Wildman–Crippen MR) is 57.7 cm³/mol. The highest BCUT2D eigenvalue weighted by Crippen LogP contribution is 2.12. The van der Waals surface area contributed by atoms with Crippen LogP contribution >= 0.6 is 11.3 Å². The van der Waals surface area contributed by atoms with Crippen LogP contribution in [0.2, 0.25) is 0 Å². The maximum atomic E-state index is 8.78. The molecule has 0 aliphatic rings. The molecule has 0 atom stereocenters. The van der Waals surface area contributed by atoms with Crippen molar-refractivity contribution in [2.45, 2.75) is 6.73 Å². The smallest absolute Gasteiger partial charge is 0.136 e. The molecular formula is C10H10N2OS. The van der Waals surface area contributed by atoms with E-state index >= 15 is 0 Å². The Kier molecular flexibility index (Phi) is 2.76. The summed E-state index contributed by atoms with van der Waals surface area (Å²) in [4.78, 5) is 1.20. The molecular weight excluding hydrogens is 196 g/mol. The van der Waals surface area contributed by atoms with Crippen molar-refractivity contribution in [2.24, 2.45) is 0 Å². The normalized spacial score (nSPS) is 11.2. The third kappa shape index (κ3) is 2.10. The topological polar surface area (TPSA) is 38.0 Å². The molecule has 0 bridgehead atoms. The zero-order valence-electron chi connectivity index (χ0n) is 7.50. The monoisotopic (exact) mass is 206 g/mol. The molecule has 0 aromatic carbocycles. The van der Waals surface area contributed by atoms with E-state index in [1.165, 1.54) is 9.56 Å². The highest BCUT2D eigenvalue weighted by molar-refractivity contribution is 7.10. The van der Waals surface area contributed by atoms with Crippen molar-refractivity contribution in [3.8, 4) is 0 Å². The van der Waals surface area contributed by atoms with E-state index in [0.717, 1.165) is 5.69 Å². The van der Waals surface area contributed by atoms with Gasteiger partial charge in [0.1, 0.15) is 6.73 Å². The van der Waals surface area contributed by atoms with Crippen molar-refractivity contribution in [1.29, 1.82) is 0 Å². The van der Waals surface area contributed by atoms with E-state index in [1.807, 2.05) is 35.7 Å². The van der Waals surface area contributed by atoms with Crippen LogP contribution in [0.4, 0.5) is 0 Å². The maximum Gasteiger partial charge on any atom is 0.136 e. The summed E-state index contributed by atoms with van der Waals surface area (Å²) in [6.45, 7) is -0.0765. The summed E-state index contributed by atoms with van der Waals surface area (Å²) in [5.74, 6) is 0. The minimum Gasteiger partial charge on any atom is -0.374 e. The molecule has 0 saturated carbocycles. The highest BCUT2D eigenvalue weighted by atomic mass is 32.1. The van der Waals surface area contributed by atoms with Gasteiger partial charge in [-0.1, -0.05) is 6.07 Å². The van der Waals surface area contributed by atoms with Crippen LogP contribution in [-0.2, 0) is 6.73 Å². The summed E-state index contributed by atoms with van der Waals surface area (Å²) < 4.78 is 1.48. The van der Waals surface area contributed by atoms with Crippen LogP contribution in [0.25, 0.3) is 12.2 Å². The number of thiophene rings is 1. The minimum absolute atomic E-state index is 0.0765. The Labute approximate surface area is 85.9 Å². The van der Waals surface area contributed by atoms with Crippen LogP contribution in [0.3, 0.4) is 0 Å². The molecule has 0 fully saturated rings. The van der Waals surface area contributed by atoms with E-state index < -0.39 is 0 Å². The lowest BCUT2D eigenvalue weighted by Crippen LogP contribution is -1.96. The molecule has 0 saturated heterocycles. The van der Waals surface area contributed by atoms with Crippen LogP contribution in [0, 0.1) is 0 Å². The summed E-state index contributed by atoms with van der Waals surface area (Å²) in [5, 5.41) is 14.9. The van der Waals surface area contributed by atoms with Gasteiger partial charge in [-0.3, -0.25) is 0 Å². The second kappa shape index (κ2) is 4.21. The van der Waals surface area contributed by atoms with Crippen molar-refractivity contribution in [3.63, 3.8) is 0 Å². The highest BCUT2D eigenvalue weighted by Gasteiger charge is 1.93. The van der Waals surface area contributed by atoms with Gasteiger partial charge in [0.25, 0.3) is 0 Å². The summed E-state index contributed by atoms with van der Waals surface area (Å²) in [6.07, 6.45) is 5.68. The van der Waals surface area contributed by atoms with E-state index in [0.29, 0.717) is 0 Å². The Bertz CT molecular complexity index is 417. The standard InChI is InChI=1S/C10H10N2OS/c13-8-12-6-5-9(11-12)3-4-10-2-1-7-14-10/h1-7,13H,8H2/b4-3+. The van der Waals surface area contributed by atoms with Gasteiger partial charge in [-0.05, 0) is 29.7 Å². The quantitative estimate of drug-likeness (QED) is 0.834. The third-order valence-corrected chi connectivity index (χ3v) is 2.61. The van der Waals surface area contributed by atoms with E-state index in [1.54, 1.807) is 17.5 Å². The first-order chi connectivity index (χ1) is 6.88. The van der Waals surface area contributed by atoms with Gasteiger partial charge >= 0.3 is 0 Å². The average molecular weight is 206 g/mol. The van der Waals surface area contributed by atoms with Crippen LogP contribution in [-0.4, -0.2) is 14.9 Å². The number of aromatic nitrogens is 2. The molecule has 1 N–H and O–H groups in total. The second-order valence-corrected chi connectivity index (χ2v) is 3.75. The molecule has 2 heterocycles. The molecule has 0 spiro atoms. The molecule has 72 valence electrons. The van der Waals surface area contributed by atoms with Gasteiger partial charge in [-0.15, -0.1) is 11.3 Å². The van der Waals surface area contributed by atoms with E-state index in [2.05, 4.69) is 5.10 Å². The van der Waals surface area contributed by atoms with E-state index in [9.17, 15) is 0 Å². The minimum atomic E-state index is -0.0765. The molecule has 0 amide bonds. The van der Waals surface area contributed by atoms with Crippen molar-refractivity contribution in [3.05, 3.63) is 40.3 Å². The number of hydrogen-bond donors (Lipinski definition) is 1. The van der Waals surface area contributed by atoms with Crippen LogP contribution in [0.15, 0.2) is 29.8 Å². The van der Waals surface area contributed by atoms with Crippen LogP contribution in [0.5, 0.6) is 0 Å². The van der Waals surface area contributed by atoms with Gasteiger partial charge in [0.05, 0.1) is 5.69 Å². The number of aliphatic hydroxyl groups excluding tert-OH is 1. The van der Waals surface area contributed by atoms with Gasteiger partial charge < -0.3 is 5.11 Å². The SMILES string of the molecule is OCn1ccc(/C=C/c2cccs2)n1. The summed E-state index contributed by atoms with van der Waals surface area (Å²) in [5.41, 5.74) is 0.854. The summed E-state index contributed by atoms with van der Waals surface area (Å²) in [6, 6.07) is 5.92. The van der Waals surface area contributed by atoms with E-state index in [-0.39, 0.29) is 6.73 Å². The first-order valence-corrected chi connectivity index (χ1v) is 5.12. The Balaban J connectivity index is 2.10. The Hall–Kier alpha value is -1.39. The molecule has 2 rings (SSSR count). The summed E-state index contributed by atoms with van der Waals surface area (Å²) in [7, 11) is 0. The largest absolute Gasteiger partial charge is 0.374 e. The fourth-order valence-electron chi connectivity index (χ4n) is 1.10. The Morgan fingerprint density at radius 1 is 1.43 bits per heavy atom. The van der Waals surface area contributed by atoms with Crippen molar-refractivity contribution in [2.75, 3.05) is 0 Å².